The van der Waals surface area contributed by atoms with E-state index in [1.165, 1.54) is 4.80 Å². The lowest BCUT2D eigenvalue weighted by molar-refractivity contribution is 0.102. The average molecular weight is 477 g/mol. The van der Waals surface area contributed by atoms with Gasteiger partial charge in [-0.3, -0.25) is 4.79 Å². The number of amides is 1. The maximum atomic E-state index is 12.4. The number of rotatable bonds is 4. The number of fused-ring (bicyclic) bond motifs is 1. The summed E-state index contributed by atoms with van der Waals surface area (Å²) in [6, 6.07) is 26.6. The van der Waals surface area contributed by atoms with Crippen LogP contribution in [0.1, 0.15) is 42.3 Å². The van der Waals surface area contributed by atoms with Crippen molar-refractivity contribution in [2.45, 2.75) is 33.1 Å². The molecule has 2 N–H and O–H groups in total. The second-order valence-corrected chi connectivity index (χ2v) is 10.0. The van der Waals surface area contributed by atoms with E-state index in [1.54, 1.807) is 12.1 Å². The van der Waals surface area contributed by atoms with E-state index in [-0.39, 0.29) is 17.1 Å². The Balaban J connectivity index is 1.43. The first-order valence-electron chi connectivity index (χ1n) is 11.9. The standard InChI is InChI=1S/C30H28N4O2/c1-19-16-24(30(2,3)4)28(35)27(17-19)34-32-25-15-12-22(18-26(25)33-34)20-10-13-23(14-11-20)31-29(36)21-8-6-5-7-9-21/h5-18,35H,1-4H3,(H,31,36). The second kappa shape index (κ2) is 8.96. The van der Waals surface area contributed by atoms with Crippen molar-refractivity contribution in [1.82, 2.24) is 15.0 Å². The zero-order valence-electron chi connectivity index (χ0n) is 20.8. The normalized spacial score (nSPS) is 11.6. The zero-order chi connectivity index (χ0) is 25.4. The van der Waals surface area contributed by atoms with Crippen LogP contribution in [-0.4, -0.2) is 26.0 Å². The molecular weight excluding hydrogens is 448 g/mol. The molecule has 1 amide bonds. The van der Waals surface area contributed by atoms with E-state index in [2.05, 4.69) is 36.3 Å². The SMILES string of the molecule is Cc1cc(-n2nc3ccc(-c4ccc(NC(=O)c5ccccc5)cc4)cc3n2)c(O)c(C(C)(C)C)c1. The van der Waals surface area contributed by atoms with Crippen molar-refractivity contribution in [3.8, 4) is 22.6 Å². The summed E-state index contributed by atoms with van der Waals surface area (Å²) in [6.45, 7) is 8.22. The lowest BCUT2D eigenvalue weighted by Crippen LogP contribution is -2.13. The first-order chi connectivity index (χ1) is 17.2. The predicted molar refractivity (Wildman–Crippen MR) is 144 cm³/mol. The highest BCUT2D eigenvalue weighted by molar-refractivity contribution is 6.04. The number of phenolic OH excluding ortho intramolecular Hbond substituents is 1. The number of nitrogens with one attached hydrogen (secondary N) is 1. The Morgan fingerprint density at radius 3 is 2.19 bits per heavy atom. The molecule has 5 rings (SSSR count). The topological polar surface area (TPSA) is 80.0 Å². The highest BCUT2D eigenvalue weighted by atomic mass is 16.3. The largest absolute Gasteiger partial charge is 0.505 e. The van der Waals surface area contributed by atoms with E-state index in [4.69, 9.17) is 0 Å². The highest BCUT2D eigenvalue weighted by Gasteiger charge is 2.22. The van der Waals surface area contributed by atoms with Gasteiger partial charge in [-0.2, -0.15) is 0 Å². The lowest BCUT2D eigenvalue weighted by Gasteiger charge is -2.22. The molecule has 0 radical (unpaired) electrons. The van der Waals surface area contributed by atoms with Gasteiger partial charge in [0.1, 0.15) is 22.5 Å². The van der Waals surface area contributed by atoms with Crippen LogP contribution in [-0.2, 0) is 5.41 Å². The summed E-state index contributed by atoms with van der Waals surface area (Å²) in [5.41, 5.74) is 7.04. The molecule has 0 atom stereocenters. The van der Waals surface area contributed by atoms with Crippen molar-refractivity contribution < 1.29 is 9.90 Å². The Bertz CT molecular complexity index is 1560. The summed E-state index contributed by atoms with van der Waals surface area (Å²) in [7, 11) is 0. The third-order valence-electron chi connectivity index (χ3n) is 6.15. The van der Waals surface area contributed by atoms with Gasteiger partial charge in [0.15, 0.2) is 0 Å². The third-order valence-corrected chi connectivity index (χ3v) is 6.15. The number of nitrogens with zero attached hydrogens (tertiary/aromatic N) is 3. The molecule has 0 bridgehead atoms. The number of anilines is 1. The van der Waals surface area contributed by atoms with Crippen molar-refractivity contribution in [1.29, 1.82) is 0 Å². The van der Waals surface area contributed by atoms with Gasteiger partial charge < -0.3 is 10.4 Å². The van der Waals surface area contributed by atoms with Crippen LogP contribution in [0.4, 0.5) is 5.69 Å². The van der Waals surface area contributed by atoms with Gasteiger partial charge in [-0.25, -0.2) is 0 Å². The van der Waals surface area contributed by atoms with E-state index < -0.39 is 0 Å². The molecule has 5 aromatic rings. The Morgan fingerprint density at radius 2 is 1.50 bits per heavy atom. The molecule has 0 spiro atoms. The van der Waals surface area contributed by atoms with E-state index >= 15 is 0 Å². The van der Waals surface area contributed by atoms with Crippen molar-refractivity contribution in [2.24, 2.45) is 0 Å². The van der Waals surface area contributed by atoms with Crippen molar-refractivity contribution >= 4 is 22.6 Å². The van der Waals surface area contributed by atoms with Gasteiger partial charge in [0.05, 0.1) is 0 Å². The molecule has 0 unspecified atom stereocenters. The minimum atomic E-state index is -0.211. The van der Waals surface area contributed by atoms with Crippen LogP contribution < -0.4 is 5.32 Å². The van der Waals surface area contributed by atoms with E-state index in [1.807, 2.05) is 79.7 Å². The van der Waals surface area contributed by atoms with Crippen molar-refractivity contribution in [2.75, 3.05) is 5.32 Å². The van der Waals surface area contributed by atoms with E-state index in [0.29, 0.717) is 11.3 Å². The van der Waals surface area contributed by atoms with Crippen LogP contribution in [0.5, 0.6) is 5.75 Å². The summed E-state index contributed by atoms with van der Waals surface area (Å²) >= 11 is 0. The van der Waals surface area contributed by atoms with Gasteiger partial charge in [-0.15, -0.1) is 15.0 Å². The summed E-state index contributed by atoms with van der Waals surface area (Å²) in [5, 5.41) is 23.2. The van der Waals surface area contributed by atoms with Gasteiger partial charge in [0.2, 0.25) is 0 Å². The maximum absolute atomic E-state index is 12.4. The van der Waals surface area contributed by atoms with Gasteiger partial charge >= 0.3 is 0 Å². The van der Waals surface area contributed by atoms with Crippen LogP contribution in [0.25, 0.3) is 27.8 Å². The fraction of sp³-hybridized carbons (Fsp3) is 0.167. The fourth-order valence-electron chi connectivity index (χ4n) is 4.22. The minimum absolute atomic E-state index is 0.143. The number of benzene rings is 4. The molecule has 0 saturated heterocycles. The van der Waals surface area contributed by atoms with Crippen LogP contribution >= 0.6 is 0 Å². The molecule has 1 heterocycles. The van der Waals surface area contributed by atoms with Gasteiger partial charge in [-0.1, -0.05) is 63.2 Å². The molecule has 0 aliphatic rings. The molecule has 0 fully saturated rings. The molecule has 0 saturated carbocycles. The first-order valence-corrected chi connectivity index (χ1v) is 11.9. The van der Waals surface area contributed by atoms with Gasteiger partial charge in [-0.05, 0) is 71.5 Å². The molecule has 1 aromatic heterocycles. The molecule has 6 nitrogen and oxygen atoms in total. The Kier molecular flexibility index (Phi) is 5.80. The van der Waals surface area contributed by atoms with Crippen LogP contribution in [0.2, 0.25) is 0 Å². The quantitative estimate of drug-likeness (QED) is 0.304. The van der Waals surface area contributed by atoms with Gasteiger partial charge in [0.25, 0.3) is 5.91 Å². The summed E-state index contributed by atoms with van der Waals surface area (Å²) in [4.78, 5) is 13.9. The monoisotopic (exact) mass is 476 g/mol. The van der Waals surface area contributed by atoms with Crippen LogP contribution in [0.15, 0.2) is 84.9 Å². The second-order valence-electron chi connectivity index (χ2n) is 10.0. The number of carbonyl (C=O) groups excluding carboxylic acids is 1. The average Bonchev–Trinajstić information content (AvgIpc) is 3.29. The van der Waals surface area contributed by atoms with Crippen LogP contribution in [0.3, 0.4) is 0 Å². The molecule has 0 aliphatic heterocycles. The number of phenols is 1. The summed E-state index contributed by atoms with van der Waals surface area (Å²) in [6.07, 6.45) is 0. The number of aromatic hydroxyl groups is 1. The lowest BCUT2D eigenvalue weighted by atomic mass is 9.85. The number of hydrogen-bond donors (Lipinski definition) is 2. The first kappa shape index (κ1) is 23.3. The van der Waals surface area contributed by atoms with Gasteiger partial charge in [0, 0.05) is 16.8 Å². The Morgan fingerprint density at radius 1 is 0.833 bits per heavy atom. The number of hydrogen-bond acceptors (Lipinski definition) is 4. The van der Waals surface area contributed by atoms with Crippen LogP contribution in [0, 0.1) is 6.92 Å². The van der Waals surface area contributed by atoms with Crippen molar-refractivity contribution in [3.63, 3.8) is 0 Å². The number of aromatic nitrogens is 3. The van der Waals surface area contributed by atoms with E-state index in [0.717, 1.165) is 39.0 Å². The molecular formula is C30H28N4O2. The Labute approximate surface area is 210 Å². The minimum Gasteiger partial charge on any atom is -0.505 e. The summed E-state index contributed by atoms with van der Waals surface area (Å²) in [5.74, 6) is 0.0529. The molecule has 36 heavy (non-hydrogen) atoms. The predicted octanol–water partition coefficient (Wildman–Crippen LogP) is 6.65. The highest BCUT2D eigenvalue weighted by Crippen LogP contribution is 2.36. The summed E-state index contributed by atoms with van der Waals surface area (Å²) < 4.78 is 0. The molecule has 4 aromatic carbocycles. The molecule has 6 heteroatoms. The third kappa shape index (κ3) is 4.58. The maximum Gasteiger partial charge on any atom is 0.255 e. The fourth-order valence-corrected chi connectivity index (χ4v) is 4.22. The zero-order valence-corrected chi connectivity index (χ0v) is 20.8. The number of carbonyl (C=O) groups is 1. The number of aryl methyl sites for hydroxylation is 1. The Hall–Kier alpha value is -4.45. The van der Waals surface area contributed by atoms with Crippen molar-refractivity contribution in [3.05, 3.63) is 102 Å². The van der Waals surface area contributed by atoms with E-state index in [9.17, 15) is 9.90 Å². The smallest absolute Gasteiger partial charge is 0.255 e. The molecule has 180 valence electrons. The molecule has 0 aliphatic carbocycles.